The Morgan fingerprint density at radius 1 is 1.39 bits per heavy atom. The fourth-order valence-electron chi connectivity index (χ4n) is 1.94. The Morgan fingerprint density at radius 2 is 2.22 bits per heavy atom. The van der Waals surface area contributed by atoms with Gasteiger partial charge in [-0.1, -0.05) is 18.2 Å². The number of thiophene rings is 1. The average molecular weight is 259 g/mol. The van der Waals surface area contributed by atoms with Gasteiger partial charge in [-0.05, 0) is 6.07 Å². The number of imidazole rings is 1. The van der Waals surface area contributed by atoms with Crippen molar-refractivity contribution in [3.63, 3.8) is 0 Å². The summed E-state index contributed by atoms with van der Waals surface area (Å²) in [7, 11) is 0. The summed E-state index contributed by atoms with van der Waals surface area (Å²) in [6.07, 6.45) is 1.01. The summed E-state index contributed by atoms with van der Waals surface area (Å²) in [4.78, 5) is 7.29. The van der Waals surface area contributed by atoms with E-state index >= 15 is 0 Å². The van der Waals surface area contributed by atoms with E-state index in [1.807, 2.05) is 12.1 Å². The van der Waals surface area contributed by atoms with E-state index in [4.69, 9.17) is 5.73 Å². The fraction of sp³-hybridized carbons (Fsp3) is 0.154. The molecule has 0 saturated carbocycles. The van der Waals surface area contributed by atoms with Gasteiger partial charge in [0.15, 0.2) is 0 Å². The molecule has 0 aliphatic carbocycles. The van der Waals surface area contributed by atoms with Crippen LogP contribution >= 0.6 is 11.3 Å². The number of rotatable bonds is 3. The lowest BCUT2D eigenvalue weighted by Gasteiger charge is -2.02. The monoisotopic (exact) mass is 259 g/mol. The van der Waals surface area contributed by atoms with Crippen molar-refractivity contribution >= 4 is 21.4 Å². The molecule has 0 spiro atoms. The second kappa shape index (κ2) is 4.53. The number of nitrogens with one attached hydrogen (secondary N) is 1. The highest BCUT2D eigenvalue weighted by Crippen LogP contribution is 2.33. The number of benzene rings is 1. The zero-order chi connectivity index (χ0) is 12.5. The summed E-state index contributed by atoms with van der Waals surface area (Å²) in [6.45, 7) is 0.164. The molecule has 3 aromatic rings. The van der Waals surface area contributed by atoms with Gasteiger partial charge in [0.25, 0.3) is 0 Å². The Morgan fingerprint density at radius 3 is 3.06 bits per heavy atom. The SMILES string of the molecule is NCC(O)c1ncc(-c2csc3ccccc23)[nH]1. The lowest BCUT2D eigenvalue weighted by molar-refractivity contribution is 0.177. The van der Waals surface area contributed by atoms with E-state index in [9.17, 15) is 5.11 Å². The maximum atomic E-state index is 9.64. The normalized spacial score (nSPS) is 13.0. The number of nitrogens with two attached hydrogens (primary N) is 1. The Balaban J connectivity index is 2.07. The van der Waals surface area contributed by atoms with Crippen molar-refractivity contribution in [2.75, 3.05) is 6.54 Å². The minimum absolute atomic E-state index is 0.164. The predicted molar refractivity (Wildman–Crippen MR) is 73.4 cm³/mol. The second-order valence-electron chi connectivity index (χ2n) is 4.08. The molecule has 0 aliphatic heterocycles. The first-order chi connectivity index (χ1) is 8.79. The number of hydrogen-bond donors (Lipinski definition) is 3. The molecule has 1 aromatic carbocycles. The summed E-state index contributed by atoms with van der Waals surface area (Å²) < 4.78 is 1.24. The highest BCUT2D eigenvalue weighted by atomic mass is 32.1. The van der Waals surface area contributed by atoms with Crippen molar-refractivity contribution in [2.45, 2.75) is 6.10 Å². The Bertz CT molecular complexity index is 673. The highest BCUT2D eigenvalue weighted by Gasteiger charge is 2.12. The van der Waals surface area contributed by atoms with Gasteiger partial charge < -0.3 is 15.8 Å². The lowest BCUT2D eigenvalue weighted by Crippen LogP contribution is -2.12. The first kappa shape index (κ1) is 11.4. The van der Waals surface area contributed by atoms with Crippen LogP contribution in [0.2, 0.25) is 0 Å². The number of aromatic nitrogens is 2. The van der Waals surface area contributed by atoms with Crippen LogP contribution in [-0.4, -0.2) is 21.6 Å². The zero-order valence-corrected chi connectivity index (χ0v) is 10.4. The van der Waals surface area contributed by atoms with Gasteiger partial charge in [0.2, 0.25) is 0 Å². The third kappa shape index (κ3) is 1.82. The average Bonchev–Trinajstić information content (AvgIpc) is 3.03. The number of fused-ring (bicyclic) bond motifs is 1. The van der Waals surface area contributed by atoms with Crippen LogP contribution in [0, 0.1) is 0 Å². The number of aromatic amines is 1. The van der Waals surface area contributed by atoms with Crippen molar-refractivity contribution in [1.29, 1.82) is 0 Å². The molecule has 92 valence electrons. The number of nitrogens with zero attached hydrogens (tertiary/aromatic N) is 1. The molecule has 1 atom stereocenters. The van der Waals surface area contributed by atoms with Crippen LogP contribution in [0.15, 0.2) is 35.8 Å². The van der Waals surface area contributed by atoms with Gasteiger partial charge in [-0.2, -0.15) is 0 Å². The molecule has 1 unspecified atom stereocenters. The quantitative estimate of drug-likeness (QED) is 0.675. The maximum absolute atomic E-state index is 9.64. The number of H-pyrrole nitrogens is 1. The molecule has 18 heavy (non-hydrogen) atoms. The molecule has 0 fully saturated rings. The molecule has 0 radical (unpaired) electrons. The standard InChI is InChI=1S/C13H13N3OS/c14-5-11(17)13-15-6-10(16-13)9-7-18-12-4-2-1-3-8(9)12/h1-4,6-7,11,17H,5,14H2,(H,15,16). The van der Waals surface area contributed by atoms with E-state index in [-0.39, 0.29) is 6.54 Å². The van der Waals surface area contributed by atoms with Gasteiger partial charge >= 0.3 is 0 Å². The summed E-state index contributed by atoms with van der Waals surface area (Å²) in [5.74, 6) is 0.516. The van der Waals surface area contributed by atoms with Crippen LogP contribution < -0.4 is 5.73 Å². The van der Waals surface area contributed by atoms with Crippen molar-refractivity contribution in [1.82, 2.24) is 9.97 Å². The van der Waals surface area contributed by atoms with Crippen molar-refractivity contribution < 1.29 is 5.11 Å². The van der Waals surface area contributed by atoms with Gasteiger partial charge in [-0.15, -0.1) is 11.3 Å². The second-order valence-corrected chi connectivity index (χ2v) is 4.99. The first-order valence-corrected chi connectivity index (χ1v) is 6.57. The number of aliphatic hydroxyl groups is 1. The molecule has 4 N–H and O–H groups in total. The summed E-state index contributed by atoms with van der Waals surface area (Å²) in [5.41, 5.74) is 7.44. The van der Waals surface area contributed by atoms with Crippen LogP contribution in [0.1, 0.15) is 11.9 Å². The van der Waals surface area contributed by atoms with Crippen molar-refractivity contribution in [3.05, 3.63) is 41.7 Å². The van der Waals surface area contributed by atoms with Crippen LogP contribution in [0.5, 0.6) is 0 Å². The van der Waals surface area contributed by atoms with Gasteiger partial charge in [0.05, 0.1) is 11.9 Å². The minimum atomic E-state index is -0.733. The van der Waals surface area contributed by atoms with Crippen LogP contribution in [0.3, 0.4) is 0 Å². The van der Waals surface area contributed by atoms with E-state index in [0.717, 1.165) is 11.3 Å². The van der Waals surface area contributed by atoms with Crippen LogP contribution in [0.4, 0.5) is 0 Å². The topological polar surface area (TPSA) is 74.9 Å². The Hall–Kier alpha value is -1.69. The van der Waals surface area contributed by atoms with Crippen molar-refractivity contribution in [2.24, 2.45) is 5.73 Å². The summed E-state index contributed by atoms with van der Waals surface area (Å²) in [6, 6.07) is 8.22. The molecular formula is C13H13N3OS. The van der Waals surface area contributed by atoms with E-state index in [0.29, 0.717) is 5.82 Å². The Labute approximate surface area is 108 Å². The molecule has 2 heterocycles. The Kier molecular flexibility index (Phi) is 2.87. The number of hydrogen-bond acceptors (Lipinski definition) is 4. The van der Waals surface area contributed by atoms with Crippen molar-refractivity contribution in [3.8, 4) is 11.3 Å². The minimum Gasteiger partial charge on any atom is -0.384 e. The zero-order valence-electron chi connectivity index (χ0n) is 9.63. The smallest absolute Gasteiger partial charge is 0.136 e. The van der Waals surface area contributed by atoms with Gasteiger partial charge in [0, 0.05) is 27.6 Å². The number of aliphatic hydroxyl groups excluding tert-OH is 1. The van der Waals surface area contributed by atoms with Crippen LogP contribution in [-0.2, 0) is 0 Å². The molecule has 0 bridgehead atoms. The third-order valence-corrected chi connectivity index (χ3v) is 3.87. The van der Waals surface area contributed by atoms with E-state index in [1.54, 1.807) is 17.5 Å². The summed E-state index contributed by atoms with van der Waals surface area (Å²) in [5, 5.41) is 12.9. The summed E-state index contributed by atoms with van der Waals surface area (Å²) >= 11 is 1.70. The fourth-order valence-corrected chi connectivity index (χ4v) is 2.90. The molecular weight excluding hydrogens is 246 g/mol. The van der Waals surface area contributed by atoms with E-state index < -0.39 is 6.10 Å². The maximum Gasteiger partial charge on any atom is 0.136 e. The van der Waals surface area contributed by atoms with Gasteiger partial charge in [0.1, 0.15) is 11.9 Å². The lowest BCUT2D eigenvalue weighted by atomic mass is 10.1. The molecule has 5 heteroatoms. The van der Waals surface area contributed by atoms with Gasteiger partial charge in [-0.25, -0.2) is 4.98 Å². The highest BCUT2D eigenvalue weighted by molar-refractivity contribution is 7.17. The largest absolute Gasteiger partial charge is 0.384 e. The van der Waals surface area contributed by atoms with Crippen LogP contribution in [0.25, 0.3) is 21.3 Å². The predicted octanol–water partition coefficient (Wildman–Crippen LogP) is 2.28. The first-order valence-electron chi connectivity index (χ1n) is 5.69. The molecule has 0 amide bonds. The van der Waals surface area contributed by atoms with Gasteiger partial charge in [-0.3, -0.25) is 0 Å². The molecule has 3 rings (SSSR count). The molecule has 2 aromatic heterocycles. The van der Waals surface area contributed by atoms with E-state index in [2.05, 4.69) is 27.5 Å². The third-order valence-electron chi connectivity index (χ3n) is 2.91. The molecule has 0 aliphatic rings. The van der Waals surface area contributed by atoms with E-state index in [1.165, 1.54) is 10.1 Å². The molecule has 4 nitrogen and oxygen atoms in total. The molecule has 0 saturated heterocycles.